The Bertz CT molecular complexity index is 1350. The van der Waals surface area contributed by atoms with Crippen molar-refractivity contribution in [2.75, 3.05) is 7.11 Å². The Morgan fingerprint density at radius 2 is 1.75 bits per heavy atom. The van der Waals surface area contributed by atoms with Crippen LogP contribution in [-0.4, -0.2) is 28.4 Å². The molecule has 3 N–H and O–H groups in total. The second kappa shape index (κ2) is 8.47. The monoisotopic (exact) mass is 432 g/mol. The Morgan fingerprint density at radius 1 is 1.00 bits per heavy atom. The van der Waals surface area contributed by atoms with Crippen molar-refractivity contribution in [3.63, 3.8) is 0 Å². The van der Waals surface area contributed by atoms with Gasteiger partial charge in [-0.2, -0.15) is 0 Å². The van der Waals surface area contributed by atoms with Crippen molar-refractivity contribution in [2.24, 2.45) is 0 Å². The molecule has 4 aromatic rings. The van der Waals surface area contributed by atoms with Gasteiger partial charge >= 0.3 is 5.97 Å². The van der Waals surface area contributed by atoms with Crippen molar-refractivity contribution in [3.05, 3.63) is 88.3 Å². The molecule has 7 nitrogen and oxygen atoms in total. The smallest absolute Gasteiger partial charge is 0.306 e. The van der Waals surface area contributed by atoms with Crippen molar-refractivity contribution < 1.29 is 29.3 Å². The number of ether oxygens (including phenoxy) is 1. The van der Waals surface area contributed by atoms with Gasteiger partial charge in [-0.3, -0.25) is 9.59 Å². The van der Waals surface area contributed by atoms with E-state index in [1.54, 1.807) is 24.3 Å². The van der Waals surface area contributed by atoms with Gasteiger partial charge in [0.05, 0.1) is 24.5 Å². The highest BCUT2D eigenvalue weighted by Gasteiger charge is 2.27. The fourth-order valence-corrected chi connectivity index (χ4v) is 3.77. The lowest BCUT2D eigenvalue weighted by Gasteiger charge is -2.19. The predicted octanol–water partition coefficient (Wildman–Crippen LogP) is 4.27. The van der Waals surface area contributed by atoms with Crippen LogP contribution in [0.1, 0.15) is 23.5 Å². The molecule has 7 heteroatoms. The number of benzene rings is 3. The number of methoxy groups -OCH3 is 1. The van der Waals surface area contributed by atoms with Crippen molar-refractivity contribution in [1.29, 1.82) is 0 Å². The Balaban J connectivity index is 1.94. The van der Waals surface area contributed by atoms with Crippen molar-refractivity contribution in [2.45, 2.75) is 12.3 Å². The number of phenolic OH excluding ortho intramolecular Hbond substituents is 3. The average Bonchev–Trinajstić information content (AvgIpc) is 2.78. The summed E-state index contributed by atoms with van der Waals surface area (Å²) in [5, 5.41) is 30.4. The molecule has 0 aliphatic heterocycles. The molecular formula is C25H20O7. The Morgan fingerprint density at radius 3 is 2.44 bits per heavy atom. The number of carbonyl (C=O) groups excluding carboxylic acids is 1. The van der Waals surface area contributed by atoms with Gasteiger partial charge in [0.25, 0.3) is 0 Å². The van der Waals surface area contributed by atoms with Gasteiger partial charge in [0, 0.05) is 11.5 Å². The Hall–Kier alpha value is -4.26. The topological polar surface area (TPSA) is 117 Å². The number of esters is 1. The molecule has 0 aliphatic carbocycles. The van der Waals surface area contributed by atoms with Crippen LogP contribution in [0.2, 0.25) is 0 Å². The number of hydrogen-bond acceptors (Lipinski definition) is 7. The highest BCUT2D eigenvalue weighted by atomic mass is 16.5. The Kier molecular flexibility index (Phi) is 5.55. The van der Waals surface area contributed by atoms with Gasteiger partial charge in [-0.15, -0.1) is 0 Å². The summed E-state index contributed by atoms with van der Waals surface area (Å²) in [5.41, 5.74) is 1.44. The summed E-state index contributed by atoms with van der Waals surface area (Å²) in [7, 11) is 1.26. The van der Waals surface area contributed by atoms with Crippen LogP contribution in [0.15, 0.2) is 76.1 Å². The SMILES string of the molecule is COC(=O)C[C@@H](c1cccc(O)c1)c1c(O)ccc2c(=O)c(-c3ccc(O)cc3)coc12. The van der Waals surface area contributed by atoms with Crippen molar-refractivity contribution in [1.82, 2.24) is 0 Å². The van der Waals surface area contributed by atoms with Crippen LogP contribution in [0.3, 0.4) is 0 Å². The minimum Gasteiger partial charge on any atom is -0.508 e. The zero-order chi connectivity index (χ0) is 22.8. The first-order chi connectivity index (χ1) is 15.4. The number of hydrogen-bond donors (Lipinski definition) is 3. The first-order valence-electron chi connectivity index (χ1n) is 9.81. The summed E-state index contributed by atoms with van der Waals surface area (Å²) >= 11 is 0. The van der Waals surface area contributed by atoms with Gasteiger partial charge in [-0.05, 0) is 47.5 Å². The number of rotatable bonds is 5. The molecule has 1 heterocycles. The van der Waals surface area contributed by atoms with E-state index in [4.69, 9.17) is 9.15 Å². The molecule has 1 aromatic heterocycles. The molecule has 0 unspecified atom stereocenters. The van der Waals surface area contributed by atoms with Gasteiger partial charge in [-0.25, -0.2) is 0 Å². The lowest BCUT2D eigenvalue weighted by atomic mass is 9.86. The Labute approximate surface area is 182 Å². The van der Waals surface area contributed by atoms with Crippen LogP contribution in [0.4, 0.5) is 0 Å². The van der Waals surface area contributed by atoms with E-state index in [1.165, 1.54) is 49.8 Å². The van der Waals surface area contributed by atoms with Crippen LogP contribution >= 0.6 is 0 Å². The van der Waals surface area contributed by atoms with Crippen molar-refractivity contribution >= 4 is 16.9 Å². The molecule has 0 saturated carbocycles. The molecule has 4 rings (SSSR count). The van der Waals surface area contributed by atoms with Crippen molar-refractivity contribution in [3.8, 4) is 28.4 Å². The van der Waals surface area contributed by atoms with E-state index in [2.05, 4.69) is 0 Å². The molecule has 162 valence electrons. The van der Waals surface area contributed by atoms with Crippen LogP contribution in [0.5, 0.6) is 17.2 Å². The highest BCUT2D eigenvalue weighted by Crippen LogP contribution is 2.40. The van der Waals surface area contributed by atoms with E-state index < -0.39 is 11.9 Å². The molecule has 0 aliphatic rings. The van der Waals surface area contributed by atoms with Gasteiger partial charge in [0.15, 0.2) is 0 Å². The third-order valence-electron chi connectivity index (χ3n) is 5.35. The molecule has 0 spiro atoms. The summed E-state index contributed by atoms with van der Waals surface area (Å²) < 4.78 is 10.7. The third kappa shape index (κ3) is 3.88. The van der Waals surface area contributed by atoms with E-state index in [1.807, 2.05) is 0 Å². The number of fused-ring (bicyclic) bond motifs is 1. The maximum Gasteiger partial charge on any atom is 0.306 e. The highest BCUT2D eigenvalue weighted by molar-refractivity contribution is 5.87. The number of aromatic hydroxyl groups is 3. The largest absolute Gasteiger partial charge is 0.508 e. The second-order valence-corrected chi connectivity index (χ2v) is 7.33. The predicted molar refractivity (Wildman–Crippen MR) is 118 cm³/mol. The van der Waals surface area contributed by atoms with Crippen LogP contribution in [0.25, 0.3) is 22.1 Å². The average molecular weight is 432 g/mol. The minimum absolute atomic E-state index is 0.00633. The molecular weight excluding hydrogens is 412 g/mol. The third-order valence-corrected chi connectivity index (χ3v) is 5.35. The van der Waals surface area contributed by atoms with E-state index in [-0.39, 0.29) is 51.2 Å². The van der Waals surface area contributed by atoms with Crippen LogP contribution in [-0.2, 0) is 9.53 Å². The maximum atomic E-state index is 13.2. The lowest BCUT2D eigenvalue weighted by Crippen LogP contribution is -2.12. The molecule has 0 bridgehead atoms. The zero-order valence-electron chi connectivity index (χ0n) is 17.1. The minimum atomic E-state index is -0.735. The van der Waals surface area contributed by atoms with Gasteiger partial charge < -0.3 is 24.5 Å². The summed E-state index contributed by atoms with van der Waals surface area (Å²) in [6.45, 7) is 0. The fraction of sp³-hybridized carbons (Fsp3) is 0.120. The fourth-order valence-electron chi connectivity index (χ4n) is 3.77. The molecule has 3 aromatic carbocycles. The number of carbonyl (C=O) groups is 1. The van der Waals surface area contributed by atoms with Gasteiger partial charge in [0.2, 0.25) is 5.43 Å². The first-order valence-corrected chi connectivity index (χ1v) is 9.81. The molecule has 32 heavy (non-hydrogen) atoms. The molecule has 0 saturated heterocycles. The van der Waals surface area contributed by atoms with E-state index in [0.717, 1.165) is 0 Å². The standard InChI is InChI=1S/C25H20O7/c1-31-22(29)12-19(15-3-2-4-17(27)11-15)23-21(28)10-9-18-24(30)20(13-32-25(18)23)14-5-7-16(26)8-6-14/h2-11,13,19,26-28H,12H2,1H3/t19-/m0/s1. The summed E-state index contributed by atoms with van der Waals surface area (Å²) in [6, 6.07) is 15.3. The summed E-state index contributed by atoms with van der Waals surface area (Å²) in [5.74, 6) is -1.36. The molecule has 0 radical (unpaired) electrons. The quantitative estimate of drug-likeness (QED) is 0.403. The van der Waals surface area contributed by atoms with Crippen LogP contribution < -0.4 is 5.43 Å². The van der Waals surface area contributed by atoms with E-state index in [0.29, 0.717) is 11.1 Å². The summed E-state index contributed by atoms with van der Waals surface area (Å²) in [6.07, 6.45) is 1.15. The lowest BCUT2D eigenvalue weighted by molar-refractivity contribution is -0.140. The number of phenols is 3. The van der Waals surface area contributed by atoms with E-state index in [9.17, 15) is 24.9 Å². The van der Waals surface area contributed by atoms with E-state index >= 15 is 0 Å². The normalized spacial score (nSPS) is 11.9. The van der Waals surface area contributed by atoms with Crippen LogP contribution in [0, 0.1) is 0 Å². The molecule has 0 fully saturated rings. The zero-order valence-corrected chi connectivity index (χ0v) is 17.1. The first kappa shape index (κ1) is 21.0. The van der Waals surface area contributed by atoms with Gasteiger partial charge in [0.1, 0.15) is 29.1 Å². The maximum absolute atomic E-state index is 13.2. The summed E-state index contributed by atoms with van der Waals surface area (Å²) in [4.78, 5) is 25.4. The second-order valence-electron chi connectivity index (χ2n) is 7.33. The van der Waals surface area contributed by atoms with Gasteiger partial charge in [-0.1, -0.05) is 24.3 Å². The molecule has 0 amide bonds. The molecule has 1 atom stereocenters.